The molecule has 0 bridgehead atoms. The normalized spacial score (nSPS) is 11.8. The minimum Gasteiger partial charge on any atom is -0.481 e. The zero-order valence-electron chi connectivity index (χ0n) is 35.8. The molecule has 4 atom stereocenters. The van der Waals surface area contributed by atoms with Gasteiger partial charge in [0.05, 0.1) is 30.6 Å². The molecule has 0 aromatic carbocycles. The Kier molecular flexibility index (Phi) is 59.7. The lowest BCUT2D eigenvalue weighted by molar-refractivity contribution is -0.141. The van der Waals surface area contributed by atoms with Crippen molar-refractivity contribution in [1.29, 1.82) is 0 Å². The first-order valence-electron chi connectivity index (χ1n) is 17.1. The van der Waals surface area contributed by atoms with Crippen molar-refractivity contribution in [2.45, 2.75) is 70.5 Å². The highest BCUT2D eigenvalue weighted by atomic mass is 32.2. The van der Waals surface area contributed by atoms with E-state index in [0.717, 1.165) is 28.8 Å². The molecular weight excluding hydrogens is 909 g/mol. The van der Waals surface area contributed by atoms with E-state index in [-0.39, 0.29) is 88.9 Å². The summed E-state index contributed by atoms with van der Waals surface area (Å²) in [6, 6.07) is -1.44. The summed E-state index contributed by atoms with van der Waals surface area (Å²) in [4.78, 5) is 126. The predicted octanol–water partition coefficient (Wildman–Crippen LogP) is -2.53. The number of nitrogens with zero attached hydrogens (tertiary/aromatic N) is 1. The fraction of sp³-hybridized carbons (Fsp3) is 0.568. The Morgan fingerprint density at radius 1 is 0.554 bits per heavy atom. The monoisotopic (exact) mass is 980 g/mol. The van der Waals surface area contributed by atoms with Gasteiger partial charge in [0.15, 0.2) is 0 Å². The molecule has 1 rings (SSSR count). The Hall–Kier alpha value is -6.10. The number of likely N-dealkylation sites (N-methyl/N-ethyl adjacent to an activating group) is 5. The Bertz CT molecular complexity index is 1440. The lowest BCUT2D eigenvalue weighted by Gasteiger charge is -2.10. The summed E-state index contributed by atoms with van der Waals surface area (Å²) < 4.78 is 0. The van der Waals surface area contributed by atoms with Gasteiger partial charge in [0, 0.05) is 73.0 Å². The molecular formula is C37H72N8O18S2. The van der Waals surface area contributed by atoms with Gasteiger partial charge in [-0.25, -0.2) is 4.79 Å². The van der Waals surface area contributed by atoms with Crippen molar-refractivity contribution < 1.29 is 88.5 Å². The first-order valence-corrected chi connectivity index (χ1v) is 19.7. The topological polar surface area (TPSA) is 425 Å². The summed E-state index contributed by atoms with van der Waals surface area (Å²) in [5.41, 5.74) is 0. The van der Waals surface area contributed by atoms with E-state index in [1.807, 2.05) is 0 Å². The highest BCUT2D eigenvalue weighted by Gasteiger charge is 2.21. The fourth-order valence-corrected chi connectivity index (χ4v) is 4.29. The largest absolute Gasteiger partial charge is 0.481 e. The second-order valence-electron chi connectivity index (χ2n) is 10.8. The van der Waals surface area contributed by atoms with Crippen molar-refractivity contribution in [2.75, 3.05) is 68.9 Å². The molecule has 4 unspecified atom stereocenters. The number of carboxylic acid groups (broad SMARTS) is 5. The van der Waals surface area contributed by atoms with E-state index in [4.69, 9.17) is 25.5 Å². The molecule has 0 aromatic rings. The maximum absolute atomic E-state index is 10.9. The van der Waals surface area contributed by atoms with E-state index in [9.17, 15) is 57.5 Å². The lowest BCUT2D eigenvalue weighted by Crippen LogP contribution is -2.42. The molecule has 28 heteroatoms. The number of carboxylic acids is 5. The molecule has 0 aromatic heterocycles. The van der Waals surface area contributed by atoms with Crippen LogP contribution in [0.1, 0.15) is 48.0 Å². The van der Waals surface area contributed by atoms with Crippen LogP contribution < -0.4 is 37.2 Å². The predicted molar refractivity (Wildman–Crippen MR) is 247 cm³/mol. The fourth-order valence-electron chi connectivity index (χ4n) is 3.12. The molecule has 1 aliphatic rings. The zero-order valence-corrected chi connectivity index (χ0v) is 37.5. The highest BCUT2D eigenvalue weighted by Crippen LogP contribution is 2.11. The molecule has 65 heavy (non-hydrogen) atoms. The van der Waals surface area contributed by atoms with Crippen LogP contribution in [0, 0.1) is 0 Å². The average Bonchev–Trinajstić information content (AvgIpc) is 3.52. The van der Waals surface area contributed by atoms with Gasteiger partial charge in [0.2, 0.25) is 29.5 Å². The Morgan fingerprint density at radius 2 is 0.954 bits per heavy atom. The third-order valence-electron chi connectivity index (χ3n) is 6.65. The van der Waals surface area contributed by atoms with Gasteiger partial charge < -0.3 is 68.2 Å². The van der Waals surface area contributed by atoms with Gasteiger partial charge >= 0.3 is 29.8 Å². The van der Waals surface area contributed by atoms with Gasteiger partial charge in [-0.1, -0.05) is 22.3 Å². The summed E-state index contributed by atoms with van der Waals surface area (Å²) >= 11 is 2.40. The minimum atomic E-state index is -1.13. The third kappa shape index (κ3) is 47.2. The number of nitrogens with one attached hydrogen (secondary N) is 7. The number of carbonyl (C=O) groups is 12. The Balaban J connectivity index is -0.0000000819. The van der Waals surface area contributed by atoms with Crippen molar-refractivity contribution in [3.63, 3.8) is 0 Å². The quantitative estimate of drug-likeness (QED) is 0.0497. The number of hydrogen-bond acceptors (Lipinski definition) is 16. The number of thioether (sulfide) groups is 2. The van der Waals surface area contributed by atoms with Crippen molar-refractivity contribution in [3.05, 3.63) is 24.3 Å². The van der Waals surface area contributed by atoms with E-state index in [0.29, 0.717) is 0 Å². The summed E-state index contributed by atoms with van der Waals surface area (Å²) in [5, 5.41) is 57.4. The van der Waals surface area contributed by atoms with Crippen LogP contribution in [0.4, 0.5) is 0 Å². The molecule has 26 nitrogen and oxygen atoms in total. The van der Waals surface area contributed by atoms with E-state index >= 15 is 0 Å². The van der Waals surface area contributed by atoms with Crippen LogP contribution in [0.2, 0.25) is 0 Å². The molecule has 0 saturated heterocycles. The van der Waals surface area contributed by atoms with Gasteiger partial charge in [-0.3, -0.25) is 57.6 Å². The molecule has 0 spiro atoms. The van der Waals surface area contributed by atoms with Gasteiger partial charge in [-0.05, 0) is 26.6 Å². The van der Waals surface area contributed by atoms with Crippen molar-refractivity contribution in [1.82, 2.24) is 42.1 Å². The van der Waals surface area contributed by atoms with Crippen molar-refractivity contribution >= 4 is 94.7 Å². The average molecular weight is 981 g/mol. The van der Waals surface area contributed by atoms with Gasteiger partial charge in [-0.15, -0.1) is 11.8 Å². The van der Waals surface area contributed by atoms with Crippen LogP contribution in [0.15, 0.2) is 24.3 Å². The van der Waals surface area contributed by atoms with Crippen LogP contribution in [0.5, 0.6) is 0 Å². The standard InChI is InChI=1S/2C6H12N2O3.2C6H11NO3S.C5H7NO3.C5H5NO2.3CH4.H2O/c1-7-4(3-5(9)10)6(11)8-2;1-7-4(6(10)11)3-5(9)8-2;1-7-6(10)4(11-2)3-5(8)9;1-7-5(8)3-4(11-2)6(9)10;1-6-4(7)2-3-5(8)9;1-6-4(7)2-3-5(6)8;;;;/h4,7H,3H2,1-2H3,(H,8,11)(H,9,10);4,7H,3H2,1-2H3,(H,8,9)(H,10,11);4H,3H2,1-2H3,(H,7,10)(H,8,9);4H,3H2,1-2H3,(H,7,8)(H,9,10);2-3H,1H3,(H,6,7)(H,8,9);2-3H,1H3;3*1H4;1H2/b;;;;3-2-;;;;;. The number of amides is 7. The molecule has 0 aliphatic carbocycles. The summed E-state index contributed by atoms with van der Waals surface area (Å²) in [6.45, 7) is 0. The molecule has 0 saturated carbocycles. The Labute approximate surface area is 388 Å². The molecule has 0 fully saturated rings. The summed E-state index contributed by atoms with van der Waals surface area (Å²) in [5.74, 6) is -7.01. The lowest BCUT2D eigenvalue weighted by atomic mass is 10.2. The van der Waals surface area contributed by atoms with E-state index in [1.165, 1.54) is 73.2 Å². The first-order chi connectivity index (χ1) is 28.3. The van der Waals surface area contributed by atoms with Crippen molar-refractivity contribution in [2.24, 2.45) is 0 Å². The molecule has 380 valence electrons. The second-order valence-corrected chi connectivity index (χ2v) is 12.9. The zero-order chi connectivity index (χ0) is 48.8. The minimum absolute atomic E-state index is 0. The first kappa shape index (κ1) is 79.3. The van der Waals surface area contributed by atoms with E-state index in [2.05, 4.69) is 37.2 Å². The molecule has 1 heterocycles. The summed E-state index contributed by atoms with van der Waals surface area (Å²) in [7, 11) is 11.8. The Morgan fingerprint density at radius 3 is 1.20 bits per heavy atom. The van der Waals surface area contributed by atoms with Gasteiger partial charge in [0.1, 0.15) is 11.3 Å². The molecule has 7 amide bonds. The number of imide groups is 1. The van der Waals surface area contributed by atoms with E-state index < -0.39 is 58.3 Å². The van der Waals surface area contributed by atoms with Crippen LogP contribution in [-0.2, 0) is 57.5 Å². The second kappa shape index (κ2) is 48.9. The number of carbonyl (C=O) groups excluding carboxylic acids is 7. The number of rotatable bonds is 18. The number of hydrogen-bond donors (Lipinski definition) is 12. The van der Waals surface area contributed by atoms with Crippen LogP contribution >= 0.6 is 23.5 Å². The van der Waals surface area contributed by atoms with Gasteiger partial charge in [-0.2, -0.15) is 11.8 Å². The molecule has 0 radical (unpaired) electrons. The van der Waals surface area contributed by atoms with Gasteiger partial charge in [0.25, 0.3) is 11.8 Å². The number of aliphatic carboxylic acids is 5. The van der Waals surface area contributed by atoms with Crippen molar-refractivity contribution in [3.8, 4) is 0 Å². The summed E-state index contributed by atoms with van der Waals surface area (Å²) in [6.07, 6.45) is 7.28. The maximum Gasteiger partial charge on any atom is 0.328 e. The molecule has 1 aliphatic heterocycles. The SMILES string of the molecule is C.C.C.CN1C(=O)C=CC1=O.CNC(=O)/C=C\C(=O)O.CNC(=O)C(CC(=O)O)NC.CNC(=O)C(CC(=O)O)SC.CNC(=O)CC(NC)C(=O)O.CNC(=O)CC(SC)C(=O)O.O. The third-order valence-corrected chi connectivity index (χ3v) is 8.54. The smallest absolute Gasteiger partial charge is 0.328 e. The van der Waals surface area contributed by atoms with Crippen LogP contribution in [0.3, 0.4) is 0 Å². The van der Waals surface area contributed by atoms with E-state index in [1.54, 1.807) is 19.6 Å². The highest BCUT2D eigenvalue weighted by molar-refractivity contribution is 8.00. The molecule has 14 N–H and O–H groups in total. The maximum atomic E-state index is 10.9. The van der Waals surface area contributed by atoms with Crippen LogP contribution in [-0.4, -0.2) is 199 Å². The van der Waals surface area contributed by atoms with Crippen LogP contribution in [0.25, 0.3) is 0 Å².